The Morgan fingerprint density at radius 3 is 2.43 bits per heavy atom. The van der Waals surface area contributed by atoms with Gasteiger partial charge in [0.15, 0.2) is 11.6 Å². The third-order valence-corrected chi connectivity index (χ3v) is 2.68. The summed E-state index contributed by atoms with van der Waals surface area (Å²) in [6.07, 6.45) is -0.933. The molecule has 0 amide bonds. The summed E-state index contributed by atoms with van der Waals surface area (Å²) >= 11 is 0. The fraction of sp³-hybridized carbons (Fsp3) is 0.200. The van der Waals surface area contributed by atoms with Crippen LogP contribution in [0.3, 0.4) is 0 Å². The zero-order valence-corrected chi connectivity index (χ0v) is 11.1. The summed E-state index contributed by atoms with van der Waals surface area (Å²) in [6, 6.07) is 10.0. The number of benzene rings is 2. The Morgan fingerprint density at radius 1 is 1.00 bits per heavy atom. The van der Waals surface area contributed by atoms with E-state index in [-0.39, 0.29) is 19.0 Å². The molecular formula is C15H15F2NO3. The van der Waals surface area contributed by atoms with Gasteiger partial charge in [-0.15, -0.1) is 0 Å². The van der Waals surface area contributed by atoms with Crippen molar-refractivity contribution in [3.63, 3.8) is 0 Å². The fourth-order valence-electron chi connectivity index (χ4n) is 1.61. The van der Waals surface area contributed by atoms with Crippen LogP contribution in [0.25, 0.3) is 0 Å². The predicted octanol–water partition coefficient (Wildman–Crippen LogP) is 2.37. The summed E-state index contributed by atoms with van der Waals surface area (Å²) in [6.45, 7) is -0.143. The molecule has 0 bridgehead atoms. The zero-order valence-electron chi connectivity index (χ0n) is 11.1. The number of hydrogen-bond donors (Lipinski definition) is 2. The molecule has 6 heteroatoms. The van der Waals surface area contributed by atoms with E-state index in [1.165, 1.54) is 6.07 Å². The van der Waals surface area contributed by atoms with E-state index in [9.17, 15) is 13.9 Å². The number of nitrogens with two attached hydrogens (primary N) is 1. The first-order chi connectivity index (χ1) is 10.1. The van der Waals surface area contributed by atoms with Gasteiger partial charge in [-0.1, -0.05) is 12.1 Å². The minimum Gasteiger partial charge on any atom is -0.491 e. The molecule has 21 heavy (non-hydrogen) atoms. The van der Waals surface area contributed by atoms with Crippen molar-refractivity contribution in [2.75, 3.05) is 18.9 Å². The number of aliphatic hydroxyl groups is 1. The van der Waals surface area contributed by atoms with Crippen molar-refractivity contribution in [1.29, 1.82) is 0 Å². The highest BCUT2D eigenvalue weighted by molar-refractivity contribution is 5.51. The molecule has 0 aliphatic carbocycles. The van der Waals surface area contributed by atoms with Crippen LogP contribution in [-0.4, -0.2) is 24.4 Å². The molecule has 2 rings (SSSR count). The van der Waals surface area contributed by atoms with Crippen LogP contribution in [0.2, 0.25) is 0 Å². The summed E-state index contributed by atoms with van der Waals surface area (Å²) in [5, 5.41) is 9.73. The molecule has 2 aromatic rings. The second kappa shape index (κ2) is 6.90. The van der Waals surface area contributed by atoms with Crippen molar-refractivity contribution in [3.05, 3.63) is 54.1 Å². The minimum absolute atomic E-state index is 0.0299. The standard InChI is InChI=1S/C15H15F2NO3/c16-12-6-5-11(7-13(12)17)20-8-10(19)9-21-15-4-2-1-3-14(15)18/h1-7,10,19H,8-9,18H2. The lowest BCUT2D eigenvalue weighted by atomic mass is 10.3. The molecule has 0 aliphatic heterocycles. The van der Waals surface area contributed by atoms with Gasteiger partial charge in [0.25, 0.3) is 0 Å². The highest BCUT2D eigenvalue weighted by Crippen LogP contribution is 2.20. The normalized spacial score (nSPS) is 12.0. The van der Waals surface area contributed by atoms with Crippen LogP contribution in [0.1, 0.15) is 0 Å². The molecule has 1 atom stereocenters. The van der Waals surface area contributed by atoms with E-state index in [2.05, 4.69) is 0 Å². The molecule has 0 heterocycles. The van der Waals surface area contributed by atoms with E-state index < -0.39 is 17.7 Å². The first-order valence-electron chi connectivity index (χ1n) is 6.29. The molecule has 112 valence electrons. The van der Waals surface area contributed by atoms with Crippen LogP contribution in [0, 0.1) is 11.6 Å². The number of nitrogen functional groups attached to an aromatic ring is 1. The first-order valence-corrected chi connectivity index (χ1v) is 6.29. The number of ether oxygens (including phenoxy) is 2. The van der Waals surface area contributed by atoms with Gasteiger partial charge in [-0.3, -0.25) is 0 Å². The predicted molar refractivity (Wildman–Crippen MR) is 74.2 cm³/mol. The molecule has 3 N–H and O–H groups in total. The lowest BCUT2D eigenvalue weighted by molar-refractivity contribution is 0.0627. The number of halogens is 2. The van der Waals surface area contributed by atoms with E-state index in [0.29, 0.717) is 11.4 Å². The third-order valence-electron chi connectivity index (χ3n) is 2.68. The van der Waals surface area contributed by atoms with Crippen LogP contribution in [0.15, 0.2) is 42.5 Å². The maximum Gasteiger partial charge on any atom is 0.162 e. The van der Waals surface area contributed by atoms with Crippen molar-refractivity contribution in [2.45, 2.75) is 6.10 Å². The van der Waals surface area contributed by atoms with Gasteiger partial charge in [-0.25, -0.2) is 8.78 Å². The Bertz CT molecular complexity index is 607. The van der Waals surface area contributed by atoms with Crippen molar-refractivity contribution >= 4 is 5.69 Å². The molecule has 0 spiro atoms. The van der Waals surface area contributed by atoms with E-state index in [1.54, 1.807) is 24.3 Å². The van der Waals surface area contributed by atoms with Gasteiger partial charge in [-0.2, -0.15) is 0 Å². The number of anilines is 1. The average Bonchev–Trinajstić information content (AvgIpc) is 2.47. The lowest BCUT2D eigenvalue weighted by Crippen LogP contribution is -2.25. The molecule has 0 saturated heterocycles. The summed E-state index contributed by atoms with van der Waals surface area (Å²) in [5.41, 5.74) is 6.15. The van der Waals surface area contributed by atoms with E-state index >= 15 is 0 Å². The van der Waals surface area contributed by atoms with Crippen molar-refractivity contribution in [2.24, 2.45) is 0 Å². The second-order valence-electron chi connectivity index (χ2n) is 4.39. The van der Waals surface area contributed by atoms with Crippen LogP contribution in [-0.2, 0) is 0 Å². The number of aliphatic hydroxyl groups excluding tert-OH is 1. The highest BCUT2D eigenvalue weighted by atomic mass is 19.2. The number of hydrogen-bond acceptors (Lipinski definition) is 4. The van der Waals surface area contributed by atoms with E-state index in [0.717, 1.165) is 12.1 Å². The van der Waals surface area contributed by atoms with Crippen LogP contribution < -0.4 is 15.2 Å². The summed E-state index contributed by atoms with van der Waals surface area (Å²) in [7, 11) is 0. The van der Waals surface area contributed by atoms with Gasteiger partial charge in [-0.05, 0) is 24.3 Å². The Balaban J connectivity index is 1.81. The largest absolute Gasteiger partial charge is 0.491 e. The van der Waals surface area contributed by atoms with Gasteiger partial charge in [0, 0.05) is 6.07 Å². The maximum absolute atomic E-state index is 13.0. The first kappa shape index (κ1) is 15.1. The average molecular weight is 295 g/mol. The molecule has 1 unspecified atom stereocenters. The number of rotatable bonds is 6. The second-order valence-corrected chi connectivity index (χ2v) is 4.39. The minimum atomic E-state index is -1.00. The Hall–Kier alpha value is -2.34. The summed E-state index contributed by atoms with van der Waals surface area (Å²) in [4.78, 5) is 0. The highest BCUT2D eigenvalue weighted by Gasteiger charge is 2.09. The SMILES string of the molecule is Nc1ccccc1OCC(O)COc1ccc(F)c(F)c1. The molecular weight excluding hydrogens is 280 g/mol. The monoisotopic (exact) mass is 295 g/mol. The van der Waals surface area contributed by atoms with Gasteiger partial charge in [0.1, 0.15) is 30.8 Å². The lowest BCUT2D eigenvalue weighted by Gasteiger charge is -2.14. The quantitative estimate of drug-likeness (QED) is 0.803. The molecule has 2 aromatic carbocycles. The Labute approximate surface area is 120 Å². The van der Waals surface area contributed by atoms with E-state index in [1.807, 2.05) is 0 Å². The molecule has 0 radical (unpaired) electrons. The summed E-state index contributed by atoms with van der Waals surface area (Å²) < 4.78 is 36.2. The van der Waals surface area contributed by atoms with Crippen LogP contribution in [0.5, 0.6) is 11.5 Å². The van der Waals surface area contributed by atoms with Crippen molar-refractivity contribution in [1.82, 2.24) is 0 Å². The molecule has 0 fully saturated rings. The van der Waals surface area contributed by atoms with Gasteiger partial charge in [0.2, 0.25) is 0 Å². The van der Waals surface area contributed by atoms with Crippen LogP contribution >= 0.6 is 0 Å². The fourth-order valence-corrected chi connectivity index (χ4v) is 1.61. The zero-order chi connectivity index (χ0) is 15.2. The van der Waals surface area contributed by atoms with Crippen molar-refractivity contribution in [3.8, 4) is 11.5 Å². The third kappa shape index (κ3) is 4.32. The van der Waals surface area contributed by atoms with E-state index in [4.69, 9.17) is 15.2 Å². The Kier molecular flexibility index (Phi) is 4.94. The molecule has 0 saturated carbocycles. The molecule has 0 aliphatic rings. The summed E-state index contributed by atoms with van der Waals surface area (Å²) in [5.74, 6) is -1.36. The smallest absolute Gasteiger partial charge is 0.162 e. The molecule has 4 nitrogen and oxygen atoms in total. The number of para-hydroxylation sites is 2. The Morgan fingerprint density at radius 2 is 1.71 bits per heavy atom. The topological polar surface area (TPSA) is 64.7 Å². The van der Waals surface area contributed by atoms with Gasteiger partial charge >= 0.3 is 0 Å². The van der Waals surface area contributed by atoms with Gasteiger partial charge < -0.3 is 20.3 Å². The molecule has 0 aromatic heterocycles. The van der Waals surface area contributed by atoms with Crippen LogP contribution in [0.4, 0.5) is 14.5 Å². The van der Waals surface area contributed by atoms with Gasteiger partial charge in [0.05, 0.1) is 5.69 Å². The van der Waals surface area contributed by atoms with Crippen molar-refractivity contribution < 1.29 is 23.4 Å². The maximum atomic E-state index is 13.0.